The fourth-order valence-electron chi connectivity index (χ4n) is 3.01. The highest BCUT2D eigenvalue weighted by Crippen LogP contribution is 2.31. The van der Waals surface area contributed by atoms with E-state index < -0.39 is 12.2 Å². The van der Waals surface area contributed by atoms with Crippen LogP contribution in [0.15, 0.2) is 16.8 Å². The number of rotatable bonds is 2. The first-order valence-corrected chi connectivity index (χ1v) is 7.55. The Morgan fingerprint density at radius 1 is 1.42 bits per heavy atom. The topological polar surface area (TPSA) is 71.3 Å². The van der Waals surface area contributed by atoms with Crippen molar-refractivity contribution in [2.24, 2.45) is 0 Å². The summed E-state index contributed by atoms with van der Waals surface area (Å²) in [6.45, 7) is 1.89. The molecule has 3 rings (SSSR count). The second kappa shape index (κ2) is 6.04. The minimum Gasteiger partial charge on any atom is -0.348 e. The van der Waals surface area contributed by atoms with E-state index in [1.54, 1.807) is 13.0 Å². The van der Waals surface area contributed by atoms with Crippen LogP contribution in [0.5, 0.6) is 0 Å². The molecule has 1 fully saturated rings. The van der Waals surface area contributed by atoms with Crippen LogP contribution < -0.4 is 5.32 Å². The molecule has 2 aromatic heterocycles. The SMILES string of the molecule is Cc1noc2ncc(C(=O)N[C@H]3CC[C@@H](C(F)(F)F)N(C)C3)cc12. The summed E-state index contributed by atoms with van der Waals surface area (Å²) >= 11 is 0. The number of alkyl halides is 3. The molecule has 0 aliphatic carbocycles. The first-order chi connectivity index (χ1) is 11.3. The standard InChI is InChI=1S/C15H17F3N4O2/c1-8-11-5-9(6-19-14(11)24-21-8)13(23)20-10-3-4-12(15(16,17)18)22(2)7-10/h5-6,10,12H,3-4,7H2,1-2H3,(H,20,23)/t10-,12-/m0/s1. The van der Waals surface area contributed by atoms with Gasteiger partial charge in [-0.15, -0.1) is 0 Å². The summed E-state index contributed by atoms with van der Waals surface area (Å²) in [6, 6.07) is -0.169. The van der Waals surface area contributed by atoms with Crippen LogP contribution in [0.1, 0.15) is 28.9 Å². The van der Waals surface area contributed by atoms with Crippen LogP contribution in [0.25, 0.3) is 11.1 Å². The molecule has 24 heavy (non-hydrogen) atoms. The lowest BCUT2D eigenvalue weighted by atomic mass is 9.98. The molecule has 0 spiro atoms. The molecule has 1 amide bonds. The van der Waals surface area contributed by atoms with Crippen LogP contribution in [-0.2, 0) is 0 Å². The largest absolute Gasteiger partial charge is 0.404 e. The summed E-state index contributed by atoms with van der Waals surface area (Å²) in [6.07, 6.45) is -2.63. The number of aromatic nitrogens is 2. The molecule has 130 valence electrons. The number of hydrogen-bond acceptors (Lipinski definition) is 5. The molecule has 0 bridgehead atoms. The van der Waals surface area contributed by atoms with E-state index in [4.69, 9.17) is 4.52 Å². The minimum absolute atomic E-state index is 0.0347. The van der Waals surface area contributed by atoms with Crippen molar-refractivity contribution in [2.45, 2.75) is 38.0 Å². The van der Waals surface area contributed by atoms with Crippen LogP contribution in [-0.4, -0.2) is 52.8 Å². The molecule has 0 aromatic carbocycles. The third-order valence-corrected chi connectivity index (χ3v) is 4.31. The Balaban J connectivity index is 1.67. The Kier molecular flexibility index (Phi) is 4.20. The van der Waals surface area contributed by atoms with Gasteiger partial charge in [-0.05, 0) is 32.9 Å². The van der Waals surface area contributed by atoms with Gasteiger partial charge in [0.15, 0.2) is 0 Å². The maximum Gasteiger partial charge on any atom is 0.404 e. The summed E-state index contributed by atoms with van der Waals surface area (Å²) in [5, 5.41) is 7.19. The monoisotopic (exact) mass is 342 g/mol. The Bertz CT molecular complexity index is 759. The molecule has 9 heteroatoms. The Hall–Kier alpha value is -2.16. The van der Waals surface area contributed by atoms with Crippen LogP contribution in [0.2, 0.25) is 0 Å². The summed E-state index contributed by atoms with van der Waals surface area (Å²) < 4.78 is 43.5. The summed E-state index contributed by atoms with van der Waals surface area (Å²) in [5.74, 6) is -0.367. The van der Waals surface area contributed by atoms with Gasteiger partial charge < -0.3 is 9.84 Å². The van der Waals surface area contributed by atoms with Crippen molar-refractivity contribution >= 4 is 17.0 Å². The van der Waals surface area contributed by atoms with Gasteiger partial charge in [-0.25, -0.2) is 4.98 Å². The van der Waals surface area contributed by atoms with Gasteiger partial charge in [-0.3, -0.25) is 9.69 Å². The first kappa shape index (κ1) is 16.7. The fraction of sp³-hybridized carbons (Fsp3) is 0.533. The molecule has 2 atom stereocenters. The lowest BCUT2D eigenvalue weighted by Crippen LogP contribution is -2.54. The quantitative estimate of drug-likeness (QED) is 0.907. The average molecular weight is 342 g/mol. The summed E-state index contributed by atoms with van der Waals surface area (Å²) in [7, 11) is 1.42. The van der Waals surface area contributed by atoms with E-state index in [1.807, 2.05) is 0 Å². The summed E-state index contributed by atoms with van der Waals surface area (Å²) in [4.78, 5) is 17.6. The number of fused-ring (bicyclic) bond motifs is 1. The molecule has 6 nitrogen and oxygen atoms in total. The Morgan fingerprint density at radius 3 is 2.83 bits per heavy atom. The van der Waals surface area contributed by atoms with Crippen molar-refractivity contribution in [1.82, 2.24) is 20.4 Å². The number of amides is 1. The van der Waals surface area contributed by atoms with E-state index in [-0.39, 0.29) is 31.3 Å². The van der Waals surface area contributed by atoms with Gasteiger partial charge in [0.2, 0.25) is 0 Å². The second-order valence-corrected chi connectivity index (χ2v) is 6.09. The van der Waals surface area contributed by atoms with Crippen LogP contribution >= 0.6 is 0 Å². The molecular weight excluding hydrogens is 325 g/mol. The third kappa shape index (κ3) is 3.21. The van der Waals surface area contributed by atoms with Gasteiger partial charge >= 0.3 is 6.18 Å². The number of aryl methyl sites for hydroxylation is 1. The summed E-state index contributed by atoms with van der Waals surface area (Å²) in [5.41, 5.74) is 1.29. The van der Waals surface area contributed by atoms with E-state index in [1.165, 1.54) is 18.1 Å². The normalized spacial score (nSPS) is 22.7. The number of piperidine rings is 1. The third-order valence-electron chi connectivity index (χ3n) is 4.31. The average Bonchev–Trinajstić information content (AvgIpc) is 2.87. The Morgan fingerprint density at radius 2 is 2.17 bits per heavy atom. The predicted molar refractivity (Wildman–Crippen MR) is 79.5 cm³/mol. The molecule has 0 unspecified atom stereocenters. The fourth-order valence-corrected chi connectivity index (χ4v) is 3.01. The Labute approximate surface area is 136 Å². The van der Waals surface area contributed by atoms with Crippen molar-refractivity contribution < 1.29 is 22.5 Å². The van der Waals surface area contributed by atoms with Crippen LogP contribution in [0.3, 0.4) is 0 Å². The predicted octanol–water partition coefficient (Wildman–Crippen LogP) is 2.29. The minimum atomic E-state index is -4.25. The van der Waals surface area contributed by atoms with Crippen molar-refractivity contribution in [3.8, 4) is 0 Å². The molecule has 1 aliphatic rings. The highest BCUT2D eigenvalue weighted by Gasteiger charge is 2.44. The van der Waals surface area contributed by atoms with Gasteiger partial charge in [-0.2, -0.15) is 13.2 Å². The van der Waals surface area contributed by atoms with E-state index in [9.17, 15) is 18.0 Å². The van der Waals surface area contributed by atoms with E-state index in [2.05, 4.69) is 15.5 Å². The van der Waals surface area contributed by atoms with Crippen LogP contribution in [0.4, 0.5) is 13.2 Å². The number of pyridine rings is 1. The lowest BCUT2D eigenvalue weighted by molar-refractivity contribution is -0.188. The first-order valence-electron chi connectivity index (χ1n) is 7.55. The zero-order chi connectivity index (χ0) is 17.5. The number of likely N-dealkylation sites (tertiary alicyclic amines) is 1. The van der Waals surface area contributed by atoms with Crippen molar-refractivity contribution in [3.05, 3.63) is 23.5 Å². The molecule has 1 N–H and O–H groups in total. The van der Waals surface area contributed by atoms with Gasteiger partial charge in [-0.1, -0.05) is 5.16 Å². The molecule has 1 aliphatic heterocycles. The molecular formula is C15H17F3N4O2. The molecule has 0 radical (unpaired) electrons. The zero-order valence-corrected chi connectivity index (χ0v) is 13.2. The second-order valence-electron chi connectivity index (χ2n) is 6.09. The van der Waals surface area contributed by atoms with E-state index in [0.717, 1.165) is 0 Å². The van der Waals surface area contributed by atoms with E-state index in [0.29, 0.717) is 22.4 Å². The number of nitrogens with one attached hydrogen (secondary N) is 1. The number of carbonyl (C=O) groups excluding carboxylic acids is 1. The van der Waals surface area contributed by atoms with Gasteiger partial charge in [0.25, 0.3) is 11.6 Å². The smallest absolute Gasteiger partial charge is 0.348 e. The number of halogens is 3. The highest BCUT2D eigenvalue weighted by atomic mass is 19.4. The molecule has 0 saturated carbocycles. The van der Waals surface area contributed by atoms with Crippen LogP contribution in [0, 0.1) is 6.92 Å². The number of likely N-dealkylation sites (N-methyl/N-ethyl adjacent to an activating group) is 1. The van der Waals surface area contributed by atoms with Crippen molar-refractivity contribution in [1.29, 1.82) is 0 Å². The van der Waals surface area contributed by atoms with Crippen molar-refractivity contribution in [2.75, 3.05) is 13.6 Å². The van der Waals surface area contributed by atoms with Gasteiger partial charge in [0, 0.05) is 18.8 Å². The highest BCUT2D eigenvalue weighted by molar-refractivity contribution is 5.97. The lowest BCUT2D eigenvalue weighted by Gasteiger charge is -2.38. The molecule has 1 saturated heterocycles. The van der Waals surface area contributed by atoms with Gasteiger partial charge in [0.05, 0.1) is 16.6 Å². The van der Waals surface area contributed by atoms with Gasteiger partial charge in [0.1, 0.15) is 6.04 Å². The van der Waals surface area contributed by atoms with E-state index >= 15 is 0 Å². The number of nitrogens with zero attached hydrogens (tertiary/aromatic N) is 3. The van der Waals surface area contributed by atoms with Crippen molar-refractivity contribution in [3.63, 3.8) is 0 Å². The molecule has 3 heterocycles. The number of carbonyl (C=O) groups is 1. The maximum atomic E-state index is 12.8. The molecule has 2 aromatic rings. The zero-order valence-electron chi connectivity index (χ0n) is 13.2. The maximum absolute atomic E-state index is 12.8. The number of hydrogen-bond donors (Lipinski definition) is 1.